The van der Waals surface area contributed by atoms with Gasteiger partial charge in [0.1, 0.15) is 10.1 Å². The number of fused-ring (bicyclic) bond motifs is 1. The highest BCUT2D eigenvalue weighted by Gasteiger charge is 2.29. The fourth-order valence-electron chi connectivity index (χ4n) is 2.70. The normalized spacial score (nSPS) is 19.5. The first-order valence-electron chi connectivity index (χ1n) is 7.10. The predicted molar refractivity (Wildman–Crippen MR) is 90.6 cm³/mol. The molecule has 3 nitrogen and oxygen atoms in total. The van der Waals surface area contributed by atoms with Crippen molar-refractivity contribution < 1.29 is 9.53 Å². The van der Waals surface area contributed by atoms with Crippen LogP contribution in [0.3, 0.4) is 0 Å². The van der Waals surface area contributed by atoms with E-state index in [1.165, 1.54) is 34.2 Å². The highest BCUT2D eigenvalue weighted by Crippen LogP contribution is 2.36. The summed E-state index contributed by atoms with van der Waals surface area (Å²) in [4.78, 5) is 14.3. The van der Waals surface area contributed by atoms with Gasteiger partial charge in [-0.1, -0.05) is 24.0 Å². The second-order valence-corrected chi connectivity index (χ2v) is 6.86. The smallest absolute Gasteiger partial charge is 0.265 e. The fraction of sp³-hybridized carbons (Fsp3) is 0.375. The van der Waals surface area contributed by atoms with Gasteiger partial charge in [-0.3, -0.25) is 9.69 Å². The summed E-state index contributed by atoms with van der Waals surface area (Å²) >= 11 is 6.52. The van der Waals surface area contributed by atoms with Crippen LogP contribution >= 0.6 is 24.0 Å². The Bertz CT molecular complexity index is 652. The van der Waals surface area contributed by atoms with Crippen LogP contribution in [0.5, 0.6) is 5.75 Å². The topological polar surface area (TPSA) is 29.5 Å². The Kier molecular flexibility index (Phi) is 4.04. The molecule has 0 bridgehead atoms. The monoisotopic (exact) mass is 319 g/mol. The summed E-state index contributed by atoms with van der Waals surface area (Å²) in [6.45, 7) is 2.59. The van der Waals surface area contributed by atoms with Crippen molar-refractivity contribution in [3.63, 3.8) is 0 Å². The number of carbonyl (C=O) groups is 1. The number of likely N-dealkylation sites (N-methyl/N-ethyl adjacent to an activating group) is 1. The van der Waals surface area contributed by atoms with Gasteiger partial charge in [-0.15, -0.1) is 0 Å². The van der Waals surface area contributed by atoms with E-state index in [-0.39, 0.29) is 5.91 Å². The molecule has 1 aliphatic heterocycles. The predicted octanol–water partition coefficient (Wildman–Crippen LogP) is 3.41. The lowest BCUT2D eigenvalue weighted by atomic mass is 10.0. The molecule has 3 rings (SSSR count). The van der Waals surface area contributed by atoms with Crippen molar-refractivity contribution in [3.05, 3.63) is 33.7 Å². The average Bonchev–Trinajstić information content (AvgIpc) is 3.00. The molecule has 0 atom stereocenters. The number of thioether (sulfide) groups is 1. The summed E-state index contributed by atoms with van der Waals surface area (Å²) in [6, 6.07) is 4.29. The van der Waals surface area contributed by atoms with Gasteiger partial charge < -0.3 is 4.74 Å². The van der Waals surface area contributed by atoms with Gasteiger partial charge in [0.2, 0.25) is 0 Å². The summed E-state index contributed by atoms with van der Waals surface area (Å²) in [5.41, 5.74) is 3.72. The Labute approximate surface area is 134 Å². The van der Waals surface area contributed by atoms with Gasteiger partial charge in [0.25, 0.3) is 5.91 Å². The molecular formula is C16H17NO2S2. The molecule has 1 aromatic rings. The largest absolute Gasteiger partial charge is 0.493 e. The maximum absolute atomic E-state index is 12.1. The number of carbonyl (C=O) groups excluding carboxylic acids is 1. The van der Waals surface area contributed by atoms with Crippen molar-refractivity contribution in [2.75, 3.05) is 13.7 Å². The molecule has 5 heteroatoms. The van der Waals surface area contributed by atoms with Crippen LogP contribution < -0.4 is 4.74 Å². The van der Waals surface area contributed by atoms with Crippen LogP contribution in [0.2, 0.25) is 0 Å². The molecule has 0 N–H and O–H groups in total. The standard InChI is InChI=1S/C16H17NO2S2/c1-3-19-13-8-11-6-4-5-10(11)7-12(13)9-14-15(18)17(2)16(20)21-14/h7-9H,3-6H2,1-2H3. The van der Waals surface area contributed by atoms with Gasteiger partial charge in [0, 0.05) is 12.6 Å². The van der Waals surface area contributed by atoms with Crippen LogP contribution in [0.4, 0.5) is 0 Å². The Balaban J connectivity index is 2.02. The van der Waals surface area contributed by atoms with Crippen molar-refractivity contribution >= 4 is 40.3 Å². The van der Waals surface area contributed by atoms with Crippen molar-refractivity contribution in [2.24, 2.45) is 0 Å². The van der Waals surface area contributed by atoms with Crippen LogP contribution in [0.25, 0.3) is 6.08 Å². The van der Waals surface area contributed by atoms with E-state index in [1.807, 2.05) is 13.0 Å². The van der Waals surface area contributed by atoms with Crippen LogP contribution in [0.15, 0.2) is 17.0 Å². The highest BCUT2D eigenvalue weighted by molar-refractivity contribution is 8.26. The molecule has 1 heterocycles. The SMILES string of the molecule is CCOc1cc2c(cc1C=C1SC(=S)N(C)C1=O)CCC2. The first kappa shape index (κ1) is 14.6. The second kappa shape index (κ2) is 5.81. The molecule has 2 aliphatic rings. The number of nitrogens with zero attached hydrogens (tertiary/aromatic N) is 1. The van der Waals surface area contributed by atoms with E-state index < -0.39 is 0 Å². The third-order valence-electron chi connectivity index (χ3n) is 3.80. The molecule has 0 saturated carbocycles. The van der Waals surface area contributed by atoms with Gasteiger partial charge in [0.15, 0.2) is 0 Å². The van der Waals surface area contributed by atoms with E-state index in [0.717, 1.165) is 24.2 Å². The summed E-state index contributed by atoms with van der Waals surface area (Å²) in [6.07, 6.45) is 5.33. The van der Waals surface area contributed by atoms with Crippen LogP contribution in [0.1, 0.15) is 30.0 Å². The molecule has 0 spiro atoms. The van der Waals surface area contributed by atoms with Crippen LogP contribution in [-0.2, 0) is 17.6 Å². The van der Waals surface area contributed by atoms with Gasteiger partial charge in [0.05, 0.1) is 11.5 Å². The minimum absolute atomic E-state index is 0.0343. The first-order valence-corrected chi connectivity index (χ1v) is 8.32. The number of thiocarbonyl (C=S) groups is 1. The lowest BCUT2D eigenvalue weighted by Gasteiger charge is -2.11. The lowest BCUT2D eigenvalue weighted by molar-refractivity contribution is -0.121. The summed E-state index contributed by atoms with van der Waals surface area (Å²) in [5, 5.41) is 0. The number of ether oxygens (including phenoxy) is 1. The molecular weight excluding hydrogens is 302 g/mol. The molecule has 1 fully saturated rings. The Morgan fingerprint density at radius 1 is 1.38 bits per heavy atom. The van der Waals surface area contributed by atoms with Crippen molar-refractivity contribution in [2.45, 2.75) is 26.2 Å². The molecule has 1 aromatic carbocycles. The van der Waals surface area contributed by atoms with E-state index in [2.05, 4.69) is 12.1 Å². The zero-order chi connectivity index (χ0) is 15.0. The van der Waals surface area contributed by atoms with E-state index >= 15 is 0 Å². The third kappa shape index (κ3) is 2.72. The minimum Gasteiger partial charge on any atom is -0.493 e. The summed E-state index contributed by atoms with van der Waals surface area (Å²) < 4.78 is 6.35. The number of benzene rings is 1. The number of hydrogen-bond donors (Lipinski definition) is 0. The molecule has 1 amide bonds. The van der Waals surface area contributed by atoms with Crippen molar-refractivity contribution in [1.82, 2.24) is 4.90 Å². The molecule has 0 aromatic heterocycles. The molecule has 110 valence electrons. The van der Waals surface area contributed by atoms with Crippen molar-refractivity contribution in [3.8, 4) is 5.75 Å². The van der Waals surface area contributed by atoms with Crippen molar-refractivity contribution in [1.29, 1.82) is 0 Å². The fourth-order valence-corrected chi connectivity index (χ4v) is 3.87. The Hall–Kier alpha value is -1.33. The summed E-state index contributed by atoms with van der Waals surface area (Å²) in [5.74, 6) is 0.826. The zero-order valence-electron chi connectivity index (χ0n) is 12.1. The van der Waals surface area contributed by atoms with Gasteiger partial charge >= 0.3 is 0 Å². The Morgan fingerprint density at radius 3 is 2.71 bits per heavy atom. The summed E-state index contributed by atoms with van der Waals surface area (Å²) in [7, 11) is 1.71. The number of hydrogen-bond acceptors (Lipinski definition) is 4. The van der Waals surface area contributed by atoms with E-state index in [9.17, 15) is 4.79 Å². The number of amides is 1. The molecule has 1 saturated heterocycles. The second-order valence-electron chi connectivity index (χ2n) is 5.19. The first-order chi connectivity index (χ1) is 10.1. The van der Waals surface area contributed by atoms with Crippen LogP contribution in [0, 0.1) is 0 Å². The molecule has 0 unspecified atom stereocenters. The van der Waals surface area contributed by atoms with Gasteiger partial charge in [-0.2, -0.15) is 0 Å². The van der Waals surface area contributed by atoms with Crippen LogP contribution in [-0.4, -0.2) is 28.8 Å². The molecule has 0 radical (unpaired) electrons. The number of aryl methyl sites for hydroxylation is 2. The lowest BCUT2D eigenvalue weighted by Crippen LogP contribution is -2.22. The zero-order valence-corrected chi connectivity index (χ0v) is 13.8. The van der Waals surface area contributed by atoms with Gasteiger partial charge in [-0.25, -0.2) is 0 Å². The molecule has 1 aliphatic carbocycles. The third-order valence-corrected chi connectivity index (χ3v) is 5.28. The molecule has 21 heavy (non-hydrogen) atoms. The van der Waals surface area contributed by atoms with E-state index in [4.69, 9.17) is 17.0 Å². The number of rotatable bonds is 3. The van der Waals surface area contributed by atoms with E-state index in [1.54, 1.807) is 7.05 Å². The maximum Gasteiger partial charge on any atom is 0.265 e. The Morgan fingerprint density at radius 2 is 2.10 bits per heavy atom. The quantitative estimate of drug-likeness (QED) is 0.631. The average molecular weight is 319 g/mol. The minimum atomic E-state index is -0.0343. The highest BCUT2D eigenvalue weighted by atomic mass is 32.2. The maximum atomic E-state index is 12.1. The van der Waals surface area contributed by atoms with E-state index in [0.29, 0.717) is 15.8 Å². The van der Waals surface area contributed by atoms with Gasteiger partial charge in [-0.05, 0) is 55.5 Å².